The first kappa shape index (κ1) is 21.7. The maximum Gasteiger partial charge on any atom is 0.261 e. The molecule has 0 spiro atoms. The minimum atomic E-state index is -3.87. The van der Waals surface area contributed by atoms with Crippen molar-refractivity contribution in [3.63, 3.8) is 0 Å². The van der Waals surface area contributed by atoms with Crippen molar-refractivity contribution in [1.29, 1.82) is 0 Å². The highest BCUT2D eigenvalue weighted by atomic mass is 35.5. The molecule has 0 heterocycles. The topological polar surface area (TPSA) is 84.5 Å². The van der Waals surface area contributed by atoms with Crippen LogP contribution in [0.15, 0.2) is 71.6 Å². The number of rotatable bonds is 7. The van der Waals surface area contributed by atoms with E-state index in [1.54, 1.807) is 43.3 Å². The molecule has 0 aliphatic heterocycles. The highest BCUT2D eigenvalue weighted by Gasteiger charge is 2.19. The lowest BCUT2D eigenvalue weighted by Gasteiger charge is -2.15. The van der Waals surface area contributed by atoms with Gasteiger partial charge in [0, 0.05) is 10.6 Å². The van der Waals surface area contributed by atoms with Crippen molar-refractivity contribution in [2.75, 3.05) is 16.6 Å². The quantitative estimate of drug-likeness (QED) is 0.531. The number of amides is 1. The van der Waals surface area contributed by atoms with Gasteiger partial charge in [0.25, 0.3) is 15.9 Å². The van der Waals surface area contributed by atoms with Crippen LogP contribution in [0.3, 0.4) is 0 Å². The minimum absolute atomic E-state index is 0.000567. The molecule has 0 bridgehead atoms. The molecule has 156 valence electrons. The summed E-state index contributed by atoms with van der Waals surface area (Å²) in [4.78, 5) is 12.6. The lowest BCUT2D eigenvalue weighted by Crippen LogP contribution is -2.16. The number of carbonyl (C=O) groups is 1. The van der Waals surface area contributed by atoms with Crippen LogP contribution in [-0.2, 0) is 10.0 Å². The fourth-order valence-electron chi connectivity index (χ4n) is 2.74. The summed E-state index contributed by atoms with van der Waals surface area (Å²) in [7, 11) is -3.87. The zero-order chi connectivity index (χ0) is 21.7. The van der Waals surface area contributed by atoms with Gasteiger partial charge in [-0.1, -0.05) is 29.8 Å². The van der Waals surface area contributed by atoms with Crippen molar-refractivity contribution >= 4 is 38.9 Å². The lowest BCUT2D eigenvalue weighted by molar-refractivity contribution is 0.102. The number of nitrogens with one attached hydrogen (secondary N) is 2. The second kappa shape index (κ2) is 9.19. The molecular formula is C22H21ClN2O4S. The van der Waals surface area contributed by atoms with Crippen LogP contribution in [0.2, 0.25) is 5.02 Å². The van der Waals surface area contributed by atoms with E-state index in [0.29, 0.717) is 28.6 Å². The minimum Gasteiger partial charge on any atom is -0.492 e. The van der Waals surface area contributed by atoms with Gasteiger partial charge in [-0.2, -0.15) is 0 Å². The van der Waals surface area contributed by atoms with Crippen LogP contribution in [0.1, 0.15) is 22.8 Å². The summed E-state index contributed by atoms with van der Waals surface area (Å²) in [5.41, 5.74) is 1.92. The van der Waals surface area contributed by atoms with Gasteiger partial charge in [0.2, 0.25) is 0 Å². The van der Waals surface area contributed by atoms with Crippen LogP contribution in [0, 0.1) is 6.92 Å². The molecule has 0 aliphatic rings. The summed E-state index contributed by atoms with van der Waals surface area (Å²) < 4.78 is 33.9. The predicted octanol–water partition coefficient (Wildman–Crippen LogP) is 5.10. The summed E-state index contributed by atoms with van der Waals surface area (Å²) in [6, 6.07) is 17.8. The van der Waals surface area contributed by atoms with Gasteiger partial charge in [-0.3, -0.25) is 9.52 Å². The van der Waals surface area contributed by atoms with Gasteiger partial charge in [0.1, 0.15) is 5.75 Å². The van der Waals surface area contributed by atoms with Gasteiger partial charge in [0.15, 0.2) is 0 Å². The first-order valence-corrected chi connectivity index (χ1v) is 11.1. The number of sulfonamides is 1. The SMILES string of the molecule is CCOc1ccc(S(=O)(=O)Nc2ccccc2C)cc1NC(=O)c1ccc(Cl)cc1. The molecule has 3 aromatic carbocycles. The average Bonchev–Trinajstić information content (AvgIpc) is 2.71. The number of benzene rings is 3. The Labute approximate surface area is 180 Å². The fraction of sp³-hybridized carbons (Fsp3) is 0.136. The molecule has 30 heavy (non-hydrogen) atoms. The summed E-state index contributed by atoms with van der Waals surface area (Å²) >= 11 is 5.87. The monoisotopic (exact) mass is 444 g/mol. The summed E-state index contributed by atoms with van der Waals surface area (Å²) in [6.45, 7) is 3.97. The van der Waals surface area contributed by atoms with Crippen molar-refractivity contribution in [1.82, 2.24) is 0 Å². The molecule has 3 rings (SSSR count). The Morgan fingerprint density at radius 3 is 2.37 bits per heavy atom. The van der Waals surface area contributed by atoms with Gasteiger partial charge in [-0.05, 0) is 67.9 Å². The summed E-state index contributed by atoms with van der Waals surface area (Å²) in [5.74, 6) is -0.0383. The Morgan fingerprint density at radius 1 is 1.00 bits per heavy atom. The highest BCUT2D eigenvalue weighted by molar-refractivity contribution is 7.92. The first-order chi connectivity index (χ1) is 14.3. The molecule has 0 saturated carbocycles. The van der Waals surface area contributed by atoms with Gasteiger partial charge in [-0.25, -0.2) is 8.42 Å². The van der Waals surface area contributed by atoms with E-state index >= 15 is 0 Å². The molecule has 0 unspecified atom stereocenters. The normalized spacial score (nSPS) is 11.0. The second-order valence-corrected chi connectivity index (χ2v) is 8.59. The Morgan fingerprint density at radius 2 is 1.70 bits per heavy atom. The van der Waals surface area contributed by atoms with Crippen LogP contribution in [0.25, 0.3) is 0 Å². The van der Waals surface area contributed by atoms with Crippen molar-refractivity contribution < 1.29 is 17.9 Å². The van der Waals surface area contributed by atoms with Crippen LogP contribution >= 0.6 is 11.6 Å². The van der Waals surface area contributed by atoms with Gasteiger partial charge < -0.3 is 10.1 Å². The van der Waals surface area contributed by atoms with E-state index < -0.39 is 15.9 Å². The third-order valence-electron chi connectivity index (χ3n) is 4.31. The maximum absolute atomic E-state index is 12.9. The molecule has 0 aromatic heterocycles. The number of para-hydroxylation sites is 1. The van der Waals surface area contributed by atoms with Crippen LogP contribution < -0.4 is 14.8 Å². The molecule has 2 N–H and O–H groups in total. The third-order valence-corrected chi connectivity index (χ3v) is 5.92. The van der Waals surface area contributed by atoms with Crippen molar-refractivity contribution in [2.45, 2.75) is 18.7 Å². The molecule has 3 aromatic rings. The lowest BCUT2D eigenvalue weighted by atomic mass is 10.2. The number of anilines is 2. The zero-order valence-electron chi connectivity index (χ0n) is 16.5. The van der Waals surface area contributed by atoms with E-state index in [9.17, 15) is 13.2 Å². The van der Waals surface area contributed by atoms with Crippen LogP contribution in [0.4, 0.5) is 11.4 Å². The van der Waals surface area contributed by atoms with Crippen molar-refractivity contribution in [2.24, 2.45) is 0 Å². The predicted molar refractivity (Wildman–Crippen MR) is 119 cm³/mol. The number of hydrogen-bond donors (Lipinski definition) is 2. The molecular weight excluding hydrogens is 424 g/mol. The van der Waals surface area contributed by atoms with Crippen LogP contribution in [0.5, 0.6) is 5.75 Å². The second-order valence-electron chi connectivity index (χ2n) is 6.47. The first-order valence-electron chi connectivity index (χ1n) is 9.22. The Bertz CT molecular complexity index is 1160. The molecule has 1 amide bonds. The van der Waals surface area contributed by atoms with E-state index in [0.717, 1.165) is 5.56 Å². The molecule has 0 saturated heterocycles. The fourth-order valence-corrected chi connectivity index (χ4v) is 4.02. The number of hydrogen-bond acceptors (Lipinski definition) is 4. The Balaban J connectivity index is 1.92. The number of ether oxygens (including phenoxy) is 1. The molecule has 0 fully saturated rings. The molecule has 0 aliphatic carbocycles. The highest BCUT2D eigenvalue weighted by Crippen LogP contribution is 2.30. The molecule has 0 atom stereocenters. The van der Waals surface area contributed by atoms with Gasteiger partial charge in [-0.15, -0.1) is 0 Å². The molecule has 6 nitrogen and oxygen atoms in total. The van der Waals surface area contributed by atoms with E-state index in [4.69, 9.17) is 16.3 Å². The number of carbonyl (C=O) groups excluding carboxylic acids is 1. The molecule has 8 heteroatoms. The maximum atomic E-state index is 12.9. The number of aryl methyl sites for hydroxylation is 1. The van der Waals surface area contributed by atoms with E-state index in [2.05, 4.69) is 10.0 Å². The number of halogens is 1. The van der Waals surface area contributed by atoms with Gasteiger partial charge >= 0.3 is 0 Å². The average molecular weight is 445 g/mol. The third kappa shape index (κ3) is 5.11. The Hall–Kier alpha value is -3.03. The van der Waals surface area contributed by atoms with E-state index in [1.807, 2.05) is 19.1 Å². The van der Waals surface area contributed by atoms with Crippen molar-refractivity contribution in [3.05, 3.63) is 82.9 Å². The van der Waals surface area contributed by atoms with E-state index in [1.165, 1.54) is 18.2 Å². The molecule has 0 radical (unpaired) electrons. The standard InChI is InChI=1S/C22H21ClN2O4S/c1-3-29-21-13-12-18(30(27,28)25-19-7-5-4-6-15(19)2)14-20(21)24-22(26)16-8-10-17(23)11-9-16/h4-14,25H,3H2,1-2H3,(H,24,26). The zero-order valence-corrected chi connectivity index (χ0v) is 18.0. The largest absolute Gasteiger partial charge is 0.492 e. The smallest absolute Gasteiger partial charge is 0.261 e. The van der Waals surface area contributed by atoms with Crippen LogP contribution in [-0.4, -0.2) is 20.9 Å². The summed E-state index contributed by atoms with van der Waals surface area (Å²) in [5, 5.41) is 3.23. The van der Waals surface area contributed by atoms with Gasteiger partial charge in [0.05, 0.1) is 22.9 Å². The summed E-state index contributed by atoms with van der Waals surface area (Å²) in [6.07, 6.45) is 0. The van der Waals surface area contributed by atoms with E-state index in [-0.39, 0.29) is 10.6 Å². The van der Waals surface area contributed by atoms with Crippen molar-refractivity contribution in [3.8, 4) is 5.75 Å². The Kier molecular flexibility index (Phi) is 6.64.